The summed E-state index contributed by atoms with van der Waals surface area (Å²) in [6.45, 7) is 1.13. The van der Waals surface area contributed by atoms with Gasteiger partial charge in [0.15, 0.2) is 11.5 Å². The molecule has 7 nitrogen and oxygen atoms in total. The average Bonchev–Trinajstić information content (AvgIpc) is 3.16. The molecule has 2 aliphatic rings. The van der Waals surface area contributed by atoms with Crippen LogP contribution in [-0.4, -0.2) is 46.6 Å². The Kier molecular flexibility index (Phi) is 4.61. The van der Waals surface area contributed by atoms with Crippen LogP contribution in [0, 0.1) is 0 Å². The van der Waals surface area contributed by atoms with Gasteiger partial charge in [0.1, 0.15) is 17.7 Å². The van der Waals surface area contributed by atoms with Gasteiger partial charge in [-0.1, -0.05) is 0 Å². The number of rotatable bonds is 5. The molecule has 2 aliphatic heterocycles. The molecule has 0 spiro atoms. The number of hydrogen-bond acceptors (Lipinski definition) is 7. The first-order chi connectivity index (χ1) is 13.2. The number of methoxy groups -OCH3 is 3. The van der Waals surface area contributed by atoms with E-state index in [9.17, 15) is 0 Å². The standard InChI is InChI=1S/C20H24N2O5/c1-22-8-7-12-9-16-18(27-11-26-16)19(25-4)17(12)20(22)21-14-6-5-13(23-2)10-15(14)24-3/h5-6,9-10,20-21H,7-8,11H2,1-4H3/t20-/m1/s1. The lowest BCUT2D eigenvalue weighted by Crippen LogP contribution is -2.37. The highest BCUT2D eigenvalue weighted by atomic mass is 16.7. The van der Waals surface area contributed by atoms with Crippen LogP contribution in [0.1, 0.15) is 17.3 Å². The molecule has 1 atom stereocenters. The molecule has 0 fully saturated rings. The van der Waals surface area contributed by atoms with E-state index >= 15 is 0 Å². The highest BCUT2D eigenvalue weighted by Crippen LogP contribution is 2.49. The molecule has 2 aromatic carbocycles. The summed E-state index contributed by atoms with van der Waals surface area (Å²) in [4.78, 5) is 2.25. The molecular formula is C20H24N2O5. The molecular weight excluding hydrogens is 348 g/mol. The molecule has 0 aliphatic carbocycles. The smallest absolute Gasteiger partial charge is 0.231 e. The van der Waals surface area contributed by atoms with Crippen molar-refractivity contribution in [2.45, 2.75) is 12.6 Å². The van der Waals surface area contributed by atoms with E-state index in [2.05, 4.69) is 23.3 Å². The van der Waals surface area contributed by atoms with Crippen molar-refractivity contribution in [2.24, 2.45) is 0 Å². The zero-order valence-electron chi connectivity index (χ0n) is 16.0. The molecule has 0 bridgehead atoms. The molecule has 2 heterocycles. The van der Waals surface area contributed by atoms with E-state index < -0.39 is 0 Å². The molecule has 27 heavy (non-hydrogen) atoms. The number of ether oxygens (including phenoxy) is 5. The van der Waals surface area contributed by atoms with Gasteiger partial charge in [-0.05, 0) is 37.2 Å². The summed E-state index contributed by atoms with van der Waals surface area (Å²) in [5.74, 6) is 3.60. The molecule has 0 saturated carbocycles. The largest absolute Gasteiger partial charge is 0.497 e. The molecule has 2 aromatic rings. The van der Waals surface area contributed by atoms with Crippen molar-refractivity contribution in [1.29, 1.82) is 0 Å². The normalized spacial score (nSPS) is 18.0. The van der Waals surface area contributed by atoms with Crippen molar-refractivity contribution in [1.82, 2.24) is 4.90 Å². The first kappa shape index (κ1) is 17.6. The summed E-state index contributed by atoms with van der Waals surface area (Å²) in [5.41, 5.74) is 3.13. The number of hydrogen-bond donors (Lipinski definition) is 1. The Balaban J connectivity index is 1.77. The van der Waals surface area contributed by atoms with E-state index in [1.807, 2.05) is 18.2 Å². The van der Waals surface area contributed by atoms with Gasteiger partial charge in [0.05, 0.1) is 27.0 Å². The average molecular weight is 372 g/mol. The topological polar surface area (TPSA) is 61.4 Å². The first-order valence-corrected chi connectivity index (χ1v) is 8.84. The second-order valence-corrected chi connectivity index (χ2v) is 6.56. The Morgan fingerprint density at radius 3 is 2.67 bits per heavy atom. The summed E-state index contributed by atoms with van der Waals surface area (Å²) in [6, 6.07) is 7.79. The van der Waals surface area contributed by atoms with Gasteiger partial charge < -0.3 is 29.0 Å². The van der Waals surface area contributed by atoms with Crippen LogP contribution in [-0.2, 0) is 6.42 Å². The number of nitrogens with zero attached hydrogens (tertiary/aromatic N) is 1. The molecule has 0 aromatic heterocycles. The number of fused-ring (bicyclic) bond motifs is 2. The van der Waals surface area contributed by atoms with E-state index in [1.54, 1.807) is 21.3 Å². The van der Waals surface area contributed by atoms with Gasteiger partial charge in [-0.3, -0.25) is 4.90 Å². The van der Waals surface area contributed by atoms with Gasteiger partial charge in [-0.15, -0.1) is 0 Å². The maximum atomic E-state index is 5.74. The van der Waals surface area contributed by atoms with Gasteiger partial charge in [-0.25, -0.2) is 0 Å². The lowest BCUT2D eigenvalue weighted by Gasteiger charge is -2.37. The van der Waals surface area contributed by atoms with E-state index in [0.717, 1.165) is 47.2 Å². The van der Waals surface area contributed by atoms with Crippen LogP contribution in [0.15, 0.2) is 24.3 Å². The maximum Gasteiger partial charge on any atom is 0.231 e. The minimum absolute atomic E-state index is 0.0968. The molecule has 7 heteroatoms. The van der Waals surface area contributed by atoms with Crippen LogP contribution in [0.25, 0.3) is 0 Å². The maximum absolute atomic E-state index is 5.74. The monoisotopic (exact) mass is 372 g/mol. The van der Waals surface area contributed by atoms with Gasteiger partial charge in [0, 0.05) is 18.2 Å². The zero-order valence-corrected chi connectivity index (χ0v) is 16.0. The summed E-state index contributed by atoms with van der Waals surface area (Å²) in [6.07, 6.45) is 0.817. The van der Waals surface area contributed by atoms with Crippen molar-refractivity contribution in [3.05, 3.63) is 35.4 Å². The Morgan fingerprint density at radius 1 is 1.07 bits per heavy atom. The van der Waals surface area contributed by atoms with Gasteiger partial charge >= 0.3 is 0 Å². The van der Waals surface area contributed by atoms with E-state index in [-0.39, 0.29) is 13.0 Å². The summed E-state index contributed by atoms with van der Waals surface area (Å²) in [5, 5.41) is 3.59. The van der Waals surface area contributed by atoms with Crippen LogP contribution in [0.5, 0.6) is 28.7 Å². The number of benzene rings is 2. The molecule has 0 unspecified atom stereocenters. The van der Waals surface area contributed by atoms with Crippen molar-refractivity contribution < 1.29 is 23.7 Å². The summed E-state index contributed by atoms with van der Waals surface area (Å²) >= 11 is 0. The lowest BCUT2D eigenvalue weighted by atomic mass is 9.94. The highest BCUT2D eigenvalue weighted by molar-refractivity contribution is 5.65. The SMILES string of the molecule is COc1ccc(N[C@H]2c3c(cc4c(c3OC)OCO4)CCN2C)c(OC)c1. The molecule has 0 amide bonds. The van der Waals surface area contributed by atoms with Crippen molar-refractivity contribution >= 4 is 5.69 Å². The fraction of sp³-hybridized carbons (Fsp3) is 0.400. The first-order valence-electron chi connectivity index (χ1n) is 8.84. The van der Waals surface area contributed by atoms with Crippen LogP contribution in [0.4, 0.5) is 5.69 Å². The quantitative estimate of drug-likeness (QED) is 0.866. The number of likely N-dealkylation sites (N-methyl/N-ethyl adjacent to an activating group) is 1. The van der Waals surface area contributed by atoms with Crippen LogP contribution >= 0.6 is 0 Å². The third-order valence-corrected chi connectivity index (χ3v) is 5.10. The summed E-state index contributed by atoms with van der Waals surface area (Å²) in [7, 11) is 7.04. The lowest BCUT2D eigenvalue weighted by molar-refractivity contribution is 0.170. The van der Waals surface area contributed by atoms with Gasteiger partial charge in [0.2, 0.25) is 12.5 Å². The fourth-order valence-corrected chi connectivity index (χ4v) is 3.68. The Morgan fingerprint density at radius 2 is 1.93 bits per heavy atom. The second-order valence-electron chi connectivity index (χ2n) is 6.56. The minimum atomic E-state index is -0.0968. The predicted molar refractivity (Wildman–Crippen MR) is 101 cm³/mol. The van der Waals surface area contributed by atoms with Gasteiger partial charge in [-0.2, -0.15) is 0 Å². The fourth-order valence-electron chi connectivity index (χ4n) is 3.68. The molecule has 0 saturated heterocycles. The van der Waals surface area contributed by atoms with Crippen molar-refractivity contribution in [3.63, 3.8) is 0 Å². The predicted octanol–water partition coefficient (Wildman–Crippen LogP) is 3.04. The second kappa shape index (κ2) is 7.08. The van der Waals surface area contributed by atoms with Crippen LogP contribution < -0.4 is 29.0 Å². The highest BCUT2D eigenvalue weighted by Gasteiger charge is 2.34. The Hall–Kier alpha value is -2.80. The molecule has 1 N–H and O–H groups in total. The third-order valence-electron chi connectivity index (χ3n) is 5.10. The van der Waals surface area contributed by atoms with E-state index in [0.29, 0.717) is 5.75 Å². The van der Waals surface area contributed by atoms with Crippen LogP contribution in [0.2, 0.25) is 0 Å². The third kappa shape index (κ3) is 2.98. The Labute approximate surface area is 158 Å². The number of anilines is 1. The minimum Gasteiger partial charge on any atom is -0.497 e. The van der Waals surface area contributed by atoms with E-state index in [1.165, 1.54) is 5.56 Å². The van der Waals surface area contributed by atoms with Crippen LogP contribution in [0.3, 0.4) is 0 Å². The molecule has 0 radical (unpaired) electrons. The van der Waals surface area contributed by atoms with Crippen molar-refractivity contribution in [2.75, 3.05) is 47.0 Å². The summed E-state index contributed by atoms with van der Waals surface area (Å²) < 4.78 is 27.8. The molecule has 144 valence electrons. The van der Waals surface area contributed by atoms with Gasteiger partial charge in [0.25, 0.3) is 0 Å². The van der Waals surface area contributed by atoms with E-state index in [4.69, 9.17) is 23.7 Å². The Bertz CT molecular complexity index is 855. The zero-order chi connectivity index (χ0) is 19.0. The van der Waals surface area contributed by atoms with Crippen molar-refractivity contribution in [3.8, 4) is 28.7 Å². The molecule has 4 rings (SSSR count). The number of nitrogens with one attached hydrogen (secondary N) is 1.